The molecular weight excluding hydrogens is 294 g/mol. The minimum atomic E-state index is 0.369. The Bertz CT molecular complexity index is 567. The normalized spacial score (nSPS) is 18.0. The monoisotopic (exact) mass is 317 g/mol. The summed E-state index contributed by atoms with van der Waals surface area (Å²) in [5.41, 5.74) is 2.61. The van der Waals surface area contributed by atoms with Gasteiger partial charge in [-0.1, -0.05) is 6.07 Å². The fourth-order valence-corrected chi connectivity index (χ4v) is 3.59. The molecule has 4 nitrogen and oxygen atoms in total. The summed E-state index contributed by atoms with van der Waals surface area (Å²) < 4.78 is 5.83. The Labute approximate surface area is 136 Å². The van der Waals surface area contributed by atoms with Gasteiger partial charge >= 0.3 is 0 Å². The summed E-state index contributed by atoms with van der Waals surface area (Å²) in [6.07, 6.45) is 4.56. The number of hydrogen-bond donors (Lipinski definition) is 1. The Balaban J connectivity index is 1.71. The molecule has 0 saturated carbocycles. The van der Waals surface area contributed by atoms with E-state index >= 15 is 0 Å². The van der Waals surface area contributed by atoms with Gasteiger partial charge in [0.15, 0.2) is 0 Å². The van der Waals surface area contributed by atoms with E-state index in [-0.39, 0.29) is 0 Å². The number of anilines is 1. The van der Waals surface area contributed by atoms with Crippen LogP contribution in [0.1, 0.15) is 24.0 Å². The van der Waals surface area contributed by atoms with Crippen molar-refractivity contribution >= 4 is 17.2 Å². The first-order valence-electron chi connectivity index (χ1n) is 7.82. The highest BCUT2D eigenvalue weighted by Gasteiger charge is 2.20. The molecular formula is C17H23N3OS. The lowest BCUT2D eigenvalue weighted by atomic mass is 10.1. The fraction of sp³-hybridized carbons (Fsp3) is 0.471. The average Bonchev–Trinajstić information content (AvgIpc) is 3.21. The van der Waals surface area contributed by atoms with E-state index in [1.807, 2.05) is 19.3 Å². The molecule has 0 aliphatic carbocycles. The molecule has 2 aromatic rings. The topological polar surface area (TPSA) is 37.4 Å². The first-order valence-corrected chi connectivity index (χ1v) is 8.76. The van der Waals surface area contributed by atoms with Gasteiger partial charge in [0.25, 0.3) is 0 Å². The second-order valence-corrected chi connectivity index (χ2v) is 6.48. The molecule has 0 aromatic carbocycles. The van der Waals surface area contributed by atoms with Gasteiger partial charge in [-0.2, -0.15) is 11.3 Å². The van der Waals surface area contributed by atoms with Crippen LogP contribution in [0, 0.1) is 0 Å². The van der Waals surface area contributed by atoms with Crippen molar-refractivity contribution in [3.8, 4) is 0 Å². The van der Waals surface area contributed by atoms with Crippen LogP contribution in [0.5, 0.6) is 0 Å². The van der Waals surface area contributed by atoms with Gasteiger partial charge in [-0.3, -0.25) is 4.90 Å². The van der Waals surface area contributed by atoms with Crippen molar-refractivity contribution in [1.29, 1.82) is 0 Å². The molecule has 3 rings (SSSR count). The number of rotatable bonds is 7. The lowest BCUT2D eigenvalue weighted by molar-refractivity contribution is 0.0680. The third-order valence-electron chi connectivity index (χ3n) is 3.99. The predicted octanol–water partition coefficient (Wildman–Crippen LogP) is 3.37. The lowest BCUT2D eigenvalue weighted by Crippen LogP contribution is -2.31. The van der Waals surface area contributed by atoms with Gasteiger partial charge in [0, 0.05) is 45.0 Å². The maximum Gasteiger partial charge on any atom is 0.130 e. The maximum absolute atomic E-state index is 5.83. The average molecular weight is 317 g/mol. The Morgan fingerprint density at radius 2 is 2.36 bits per heavy atom. The largest absolute Gasteiger partial charge is 0.377 e. The quantitative estimate of drug-likeness (QED) is 0.849. The van der Waals surface area contributed by atoms with E-state index in [4.69, 9.17) is 4.74 Å². The van der Waals surface area contributed by atoms with Crippen LogP contribution < -0.4 is 5.32 Å². The molecule has 3 heterocycles. The molecule has 1 fully saturated rings. The fourth-order valence-electron chi connectivity index (χ4n) is 2.93. The molecule has 0 unspecified atom stereocenters. The van der Waals surface area contributed by atoms with Crippen LogP contribution in [0.15, 0.2) is 35.2 Å². The Morgan fingerprint density at radius 1 is 1.41 bits per heavy atom. The van der Waals surface area contributed by atoms with E-state index in [1.165, 1.54) is 24.0 Å². The van der Waals surface area contributed by atoms with Crippen molar-refractivity contribution in [2.45, 2.75) is 32.0 Å². The van der Waals surface area contributed by atoms with E-state index in [1.54, 1.807) is 11.3 Å². The van der Waals surface area contributed by atoms with E-state index < -0.39 is 0 Å². The number of hydrogen-bond acceptors (Lipinski definition) is 5. The van der Waals surface area contributed by atoms with Crippen LogP contribution in [-0.4, -0.2) is 36.2 Å². The highest BCUT2D eigenvalue weighted by atomic mass is 32.1. The van der Waals surface area contributed by atoms with E-state index in [0.717, 1.165) is 32.1 Å². The molecule has 1 saturated heterocycles. The molecule has 1 N–H and O–H groups in total. The summed E-state index contributed by atoms with van der Waals surface area (Å²) in [5.74, 6) is 0.963. The van der Waals surface area contributed by atoms with E-state index in [9.17, 15) is 0 Å². The number of pyridine rings is 1. The van der Waals surface area contributed by atoms with Gasteiger partial charge < -0.3 is 10.1 Å². The third kappa shape index (κ3) is 4.06. The Kier molecular flexibility index (Phi) is 5.43. The van der Waals surface area contributed by atoms with Crippen LogP contribution in [0.2, 0.25) is 0 Å². The SMILES string of the molecule is CNc1ncccc1CN(Cc1ccsc1)C[C@H]1CCCO1. The molecule has 0 radical (unpaired) electrons. The van der Waals surface area contributed by atoms with Crippen LogP contribution >= 0.6 is 11.3 Å². The molecule has 0 spiro atoms. The first kappa shape index (κ1) is 15.5. The molecule has 5 heteroatoms. The van der Waals surface area contributed by atoms with Crippen molar-refractivity contribution in [3.05, 3.63) is 46.3 Å². The number of thiophene rings is 1. The van der Waals surface area contributed by atoms with Gasteiger partial charge in [0.05, 0.1) is 6.10 Å². The third-order valence-corrected chi connectivity index (χ3v) is 4.73. The molecule has 1 aliphatic heterocycles. The van der Waals surface area contributed by atoms with Gasteiger partial charge in [0.2, 0.25) is 0 Å². The van der Waals surface area contributed by atoms with Crippen LogP contribution in [0.3, 0.4) is 0 Å². The zero-order chi connectivity index (χ0) is 15.2. The Hall–Kier alpha value is -1.43. The molecule has 1 atom stereocenters. The standard InChI is InChI=1S/C17H23N3OS/c1-18-17-15(4-2-7-19-17)11-20(10-14-6-9-22-13-14)12-16-5-3-8-21-16/h2,4,6-7,9,13,16H,3,5,8,10-12H2,1H3,(H,18,19)/t16-/m1/s1. The van der Waals surface area contributed by atoms with Gasteiger partial charge in [-0.05, 0) is 41.3 Å². The summed E-state index contributed by atoms with van der Waals surface area (Å²) in [4.78, 5) is 6.88. The highest BCUT2D eigenvalue weighted by Crippen LogP contribution is 2.20. The predicted molar refractivity (Wildman–Crippen MR) is 91.2 cm³/mol. The van der Waals surface area contributed by atoms with Gasteiger partial charge in [-0.15, -0.1) is 0 Å². The van der Waals surface area contributed by atoms with E-state index in [0.29, 0.717) is 6.10 Å². The summed E-state index contributed by atoms with van der Waals surface area (Å²) in [7, 11) is 1.93. The summed E-state index contributed by atoms with van der Waals surface area (Å²) in [6, 6.07) is 6.36. The highest BCUT2D eigenvalue weighted by molar-refractivity contribution is 7.07. The molecule has 0 amide bonds. The van der Waals surface area contributed by atoms with Crippen molar-refractivity contribution in [2.75, 3.05) is 25.5 Å². The minimum Gasteiger partial charge on any atom is -0.377 e. The second kappa shape index (κ2) is 7.72. The number of nitrogens with one attached hydrogen (secondary N) is 1. The van der Waals surface area contributed by atoms with Crippen LogP contribution in [0.25, 0.3) is 0 Å². The molecule has 0 bridgehead atoms. The minimum absolute atomic E-state index is 0.369. The smallest absolute Gasteiger partial charge is 0.130 e. The zero-order valence-electron chi connectivity index (χ0n) is 13.0. The van der Waals surface area contributed by atoms with Gasteiger partial charge in [-0.25, -0.2) is 4.98 Å². The summed E-state index contributed by atoms with van der Waals surface area (Å²) in [5, 5.41) is 7.55. The summed E-state index contributed by atoms with van der Waals surface area (Å²) in [6.45, 7) is 3.74. The van der Waals surface area contributed by atoms with Crippen LogP contribution in [-0.2, 0) is 17.8 Å². The zero-order valence-corrected chi connectivity index (χ0v) is 13.8. The van der Waals surface area contributed by atoms with Crippen molar-refractivity contribution in [1.82, 2.24) is 9.88 Å². The lowest BCUT2D eigenvalue weighted by Gasteiger charge is -2.25. The molecule has 22 heavy (non-hydrogen) atoms. The second-order valence-electron chi connectivity index (χ2n) is 5.70. The van der Waals surface area contributed by atoms with Crippen molar-refractivity contribution < 1.29 is 4.74 Å². The number of nitrogens with zero attached hydrogens (tertiary/aromatic N) is 2. The number of aromatic nitrogens is 1. The molecule has 118 valence electrons. The Morgan fingerprint density at radius 3 is 3.09 bits per heavy atom. The first-order chi connectivity index (χ1) is 10.8. The van der Waals surface area contributed by atoms with Crippen molar-refractivity contribution in [2.24, 2.45) is 0 Å². The molecule has 1 aliphatic rings. The van der Waals surface area contributed by atoms with Crippen LogP contribution in [0.4, 0.5) is 5.82 Å². The summed E-state index contributed by atoms with van der Waals surface area (Å²) >= 11 is 1.76. The van der Waals surface area contributed by atoms with E-state index in [2.05, 4.69) is 38.1 Å². The van der Waals surface area contributed by atoms with Crippen molar-refractivity contribution in [3.63, 3.8) is 0 Å². The van der Waals surface area contributed by atoms with Gasteiger partial charge in [0.1, 0.15) is 5.82 Å². The maximum atomic E-state index is 5.83. The number of ether oxygens (including phenoxy) is 1. The molecule has 2 aromatic heterocycles.